The SMILES string of the molecule is CC1CCCC(CN)(C(O)C2CCC(C)O2)C1. The van der Waals surface area contributed by atoms with Gasteiger partial charge in [-0.3, -0.25) is 0 Å². The molecule has 0 aromatic carbocycles. The normalized spacial score (nSPS) is 44.8. The van der Waals surface area contributed by atoms with Gasteiger partial charge in [0.15, 0.2) is 0 Å². The Labute approximate surface area is 105 Å². The molecule has 1 saturated heterocycles. The van der Waals surface area contributed by atoms with E-state index in [0.717, 1.165) is 25.7 Å². The van der Waals surface area contributed by atoms with Crippen LogP contribution < -0.4 is 5.73 Å². The first-order valence-electron chi connectivity index (χ1n) is 7.11. The summed E-state index contributed by atoms with van der Waals surface area (Å²) in [4.78, 5) is 0. The summed E-state index contributed by atoms with van der Waals surface area (Å²) < 4.78 is 5.83. The maximum atomic E-state index is 10.7. The van der Waals surface area contributed by atoms with E-state index < -0.39 is 0 Å². The van der Waals surface area contributed by atoms with E-state index in [0.29, 0.717) is 18.6 Å². The highest BCUT2D eigenvalue weighted by atomic mass is 16.5. The van der Waals surface area contributed by atoms with E-state index in [4.69, 9.17) is 10.5 Å². The molecule has 100 valence electrons. The molecule has 0 bridgehead atoms. The van der Waals surface area contributed by atoms with Crippen LogP contribution in [0.15, 0.2) is 0 Å². The first-order chi connectivity index (χ1) is 8.07. The third kappa shape index (κ3) is 2.67. The van der Waals surface area contributed by atoms with Crippen molar-refractivity contribution in [3.8, 4) is 0 Å². The van der Waals surface area contributed by atoms with Crippen molar-refractivity contribution in [2.75, 3.05) is 6.54 Å². The van der Waals surface area contributed by atoms with Crippen LogP contribution in [0.4, 0.5) is 0 Å². The van der Waals surface area contributed by atoms with E-state index >= 15 is 0 Å². The average Bonchev–Trinajstić information content (AvgIpc) is 2.74. The number of aliphatic hydroxyl groups is 1. The van der Waals surface area contributed by atoms with Crippen molar-refractivity contribution >= 4 is 0 Å². The summed E-state index contributed by atoms with van der Waals surface area (Å²) in [7, 11) is 0. The first-order valence-corrected chi connectivity index (χ1v) is 7.11. The van der Waals surface area contributed by atoms with Gasteiger partial charge in [0.25, 0.3) is 0 Å². The Morgan fingerprint density at radius 3 is 2.65 bits per heavy atom. The molecule has 0 radical (unpaired) electrons. The third-order valence-electron chi connectivity index (χ3n) is 4.78. The molecule has 0 aromatic rings. The minimum atomic E-state index is -0.375. The zero-order valence-electron chi connectivity index (χ0n) is 11.2. The van der Waals surface area contributed by atoms with Gasteiger partial charge in [-0.1, -0.05) is 19.8 Å². The van der Waals surface area contributed by atoms with Gasteiger partial charge in [0, 0.05) is 12.0 Å². The summed E-state index contributed by atoms with van der Waals surface area (Å²) in [5, 5.41) is 10.7. The van der Waals surface area contributed by atoms with E-state index in [1.54, 1.807) is 0 Å². The summed E-state index contributed by atoms with van der Waals surface area (Å²) in [5.41, 5.74) is 5.90. The van der Waals surface area contributed by atoms with Gasteiger partial charge in [-0.05, 0) is 38.5 Å². The Hall–Kier alpha value is -0.120. The van der Waals surface area contributed by atoms with Crippen LogP contribution in [0, 0.1) is 11.3 Å². The molecule has 17 heavy (non-hydrogen) atoms. The Morgan fingerprint density at radius 1 is 1.35 bits per heavy atom. The largest absolute Gasteiger partial charge is 0.390 e. The fourth-order valence-corrected chi connectivity index (χ4v) is 3.74. The predicted octanol–water partition coefficient (Wildman–Crippen LogP) is 2.07. The average molecular weight is 241 g/mol. The Kier molecular flexibility index (Phi) is 4.11. The lowest BCUT2D eigenvalue weighted by molar-refractivity contribution is -0.103. The molecule has 1 aliphatic heterocycles. The van der Waals surface area contributed by atoms with Gasteiger partial charge in [0.2, 0.25) is 0 Å². The molecule has 1 heterocycles. The number of nitrogens with two attached hydrogens (primary N) is 1. The van der Waals surface area contributed by atoms with Gasteiger partial charge >= 0.3 is 0 Å². The van der Waals surface area contributed by atoms with Crippen molar-refractivity contribution < 1.29 is 9.84 Å². The molecule has 3 heteroatoms. The van der Waals surface area contributed by atoms with E-state index in [-0.39, 0.29) is 17.6 Å². The van der Waals surface area contributed by atoms with Gasteiger partial charge in [0.05, 0.1) is 18.3 Å². The van der Waals surface area contributed by atoms with E-state index in [2.05, 4.69) is 13.8 Å². The molecule has 1 aliphatic carbocycles. The molecule has 5 unspecified atom stereocenters. The fraction of sp³-hybridized carbons (Fsp3) is 1.00. The lowest BCUT2D eigenvalue weighted by Crippen LogP contribution is -2.50. The molecule has 0 aromatic heterocycles. The number of ether oxygens (including phenoxy) is 1. The number of aliphatic hydroxyl groups excluding tert-OH is 1. The van der Waals surface area contributed by atoms with Crippen molar-refractivity contribution in [2.24, 2.45) is 17.1 Å². The zero-order chi connectivity index (χ0) is 12.5. The summed E-state index contributed by atoms with van der Waals surface area (Å²) in [6, 6.07) is 0. The standard InChI is InChI=1S/C14H27NO2/c1-10-4-3-7-14(8-10,9-15)13(16)12-6-5-11(2)17-12/h10-13,16H,3-9,15H2,1-2H3. The molecule has 2 aliphatic rings. The predicted molar refractivity (Wildman–Crippen MR) is 68.7 cm³/mol. The molecule has 0 spiro atoms. The molecule has 3 nitrogen and oxygen atoms in total. The highest BCUT2D eigenvalue weighted by Gasteiger charge is 2.45. The van der Waals surface area contributed by atoms with Gasteiger partial charge < -0.3 is 15.6 Å². The highest BCUT2D eigenvalue weighted by Crippen LogP contribution is 2.44. The quantitative estimate of drug-likeness (QED) is 0.795. The van der Waals surface area contributed by atoms with Crippen LogP contribution in [-0.4, -0.2) is 30.0 Å². The third-order valence-corrected chi connectivity index (χ3v) is 4.78. The second-order valence-corrected chi connectivity index (χ2v) is 6.28. The van der Waals surface area contributed by atoms with Crippen LogP contribution in [0.3, 0.4) is 0 Å². The summed E-state index contributed by atoms with van der Waals surface area (Å²) >= 11 is 0. The topological polar surface area (TPSA) is 55.5 Å². The smallest absolute Gasteiger partial charge is 0.0870 e. The zero-order valence-corrected chi connectivity index (χ0v) is 11.2. The molecular formula is C14H27NO2. The van der Waals surface area contributed by atoms with Crippen LogP contribution in [0.5, 0.6) is 0 Å². The first kappa shape index (κ1) is 13.3. The van der Waals surface area contributed by atoms with Gasteiger partial charge in [0.1, 0.15) is 0 Å². The van der Waals surface area contributed by atoms with Crippen LogP contribution in [0.1, 0.15) is 52.4 Å². The van der Waals surface area contributed by atoms with Crippen LogP contribution in [0.25, 0.3) is 0 Å². The maximum Gasteiger partial charge on any atom is 0.0870 e. The lowest BCUT2D eigenvalue weighted by atomic mass is 9.65. The number of rotatable bonds is 3. The van der Waals surface area contributed by atoms with Crippen molar-refractivity contribution in [3.63, 3.8) is 0 Å². The van der Waals surface area contributed by atoms with Crippen LogP contribution in [-0.2, 0) is 4.74 Å². The Balaban J connectivity index is 2.05. The van der Waals surface area contributed by atoms with Crippen molar-refractivity contribution in [3.05, 3.63) is 0 Å². The minimum Gasteiger partial charge on any atom is -0.390 e. The Morgan fingerprint density at radius 2 is 2.12 bits per heavy atom. The van der Waals surface area contributed by atoms with E-state index in [9.17, 15) is 5.11 Å². The van der Waals surface area contributed by atoms with Crippen LogP contribution in [0.2, 0.25) is 0 Å². The summed E-state index contributed by atoms with van der Waals surface area (Å²) in [6.07, 6.45) is 6.57. The van der Waals surface area contributed by atoms with Crippen LogP contribution >= 0.6 is 0 Å². The molecule has 5 atom stereocenters. The maximum absolute atomic E-state index is 10.7. The monoisotopic (exact) mass is 241 g/mol. The van der Waals surface area contributed by atoms with Crippen molar-refractivity contribution in [2.45, 2.75) is 70.7 Å². The molecular weight excluding hydrogens is 214 g/mol. The summed E-state index contributed by atoms with van der Waals surface area (Å²) in [5.74, 6) is 0.681. The highest BCUT2D eigenvalue weighted by molar-refractivity contribution is 4.96. The van der Waals surface area contributed by atoms with Gasteiger partial charge in [-0.2, -0.15) is 0 Å². The lowest BCUT2D eigenvalue weighted by Gasteiger charge is -2.44. The molecule has 2 fully saturated rings. The summed E-state index contributed by atoms with van der Waals surface area (Å²) in [6.45, 7) is 4.95. The minimum absolute atomic E-state index is 0.0128. The Bertz CT molecular complexity index is 259. The van der Waals surface area contributed by atoms with Gasteiger partial charge in [-0.25, -0.2) is 0 Å². The molecule has 0 amide bonds. The fourth-order valence-electron chi connectivity index (χ4n) is 3.74. The second kappa shape index (κ2) is 5.25. The van der Waals surface area contributed by atoms with E-state index in [1.807, 2.05) is 0 Å². The molecule has 1 saturated carbocycles. The number of hydrogen-bond acceptors (Lipinski definition) is 3. The van der Waals surface area contributed by atoms with Gasteiger partial charge in [-0.15, -0.1) is 0 Å². The van der Waals surface area contributed by atoms with Crippen molar-refractivity contribution in [1.29, 1.82) is 0 Å². The number of hydrogen-bond donors (Lipinski definition) is 2. The molecule has 3 N–H and O–H groups in total. The van der Waals surface area contributed by atoms with Crippen molar-refractivity contribution in [1.82, 2.24) is 0 Å². The second-order valence-electron chi connectivity index (χ2n) is 6.28. The van der Waals surface area contributed by atoms with E-state index in [1.165, 1.54) is 12.8 Å². The molecule has 2 rings (SSSR count).